The Labute approximate surface area is 111 Å². The Hall–Kier alpha value is -2.03. The molecule has 0 fully saturated rings. The summed E-state index contributed by atoms with van der Waals surface area (Å²) in [4.78, 5) is 0. The van der Waals surface area contributed by atoms with Crippen molar-refractivity contribution >= 4 is 5.69 Å². The molecule has 1 atom stereocenters. The minimum Gasteiger partial charge on any atom is -0.508 e. The van der Waals surface area contributed by atoms with Crippen LogP contribution in [0.25, 0.3) is 0 Å². The van der Waals surface area contributed by atoms with Gasteiger partial charge in [-0.25, -0.2) is 4.39 Å². The summed E-state index contributed by atoms with van der Waals surface area (Å²) < 4.78 is 13.2. The van der Waals surface area contributed by atoms with Gasteiger partial charge in [0.2, 0.25) is 0 Å². The van der Waals surface area contributed by atoms with E-state index in [9.17, 15) is 9.50 Å². The van der Waals surface area contributed by atoms with Gasteiger partial charge in [0.25, 0.3) is 0 Å². The zero-order valence-corrected chi connectivity index (χ0v) is 10.8. The Morgan fingerprint density at radius 1 is 1.26 bits per heavy atom. The van der Waals surface area contributed by atoms with Crippen LogP contribution in [0.5, 0.6) is 5.75 Å². The van der Waals surface area contributed by atoms with Crippen molar-refractivity contribution in [1.82, 2.24) is 0 Å². The fourth-order valence-electron chi connectivity index (χ4n) is 2.72. The minimum absolute atomic E-state index is 0.185. The highest BCUT2D eigenvalue weighted by Crippen LogP contribution is 2.38. The molecule has 2 nitrogen and oxygen atoms in total. The molecule has 2 N–H and O–H groups in total. The lowest BCUT2D eigenvalue weighted by Crippen LogP contribution is -2.07. The third kappa shape index (κ3) is 2.16. The van der Waals surface area contributed by atoms with E-state index in [1.54, 1.807) is 19.1 Å². The van der Waals surface area contributed by atoms with Crippen molar-refractivity contribution in [2.45, 2.75) is 25.8 Å². The Morgan fingerprint density at radius 2 is 2.11 bits per heavy atom. The Morgan fingerprint density at radius 3 is 2.89 bits per heavy atom. The highest BCUT2D eigenvalue weighted by atomic mass is 19.1. The lowest BCUT2D eigenvalue weighted by atomic mass is 10.1. The first-order valence-electron chi connectivity index (χ1n) is 6.48. The van der Waals surface area contributed by atoms with Gasteiger partial charge in [-0.15, -0.1) is 0 Å². The smallest absolute Gasteiger partial charge is 0.126 e. The van der Waals surface area contributed by atoms with Crippen molar-refractivity contribution in [3.63, 3.8) is 0 Å². The number of fused-ring (bicyclic) bond motifs is 1. The average molecular weight is 257 g/mol. The lowest BCUT2D eigenvalue weighted by Gasteiger charge is -2.16. The zero-order valence-electron chi connectivity index (χ0n) is 10.8. The van der Waals surface area contributed by atoms with Crippen LogP contribution < -0.4 is 5.32 Å². The number of nitrogens with one attached hydrogen (secondary N) is 1. The normalized spacial score (nSPS) is 17.3. The van der Waals surface area contributed by atoms with Crippen molar-refractivity contribution in [2.24, 2.45) is 0 Å². The number of phenolic OH excluding ortho intramolecular Hbond substituents is 1. The highest BCUT2D eigenvalue weighted by molar-refractivity contribution is 5.52. The van der Waals surface area contributed by atoms with E-state index >= 15 is 0 Å². The van der Waals surface area contributed by atoms with Gasteiger partial charge in [-0.2, -0.15) is 0 Å². The quantitative estimate of drug-likeness (QED) is 0.854. The van der Waals surface area contributed by atoms with Crippen LogP contribution in [0.3, 0.4) is 0 Å². The number of hydrogen-bond acceptors (Lipinski definition) is 2. The van der Waals surface area contributed by atoms with E-state index in [-0.39, 0.29) is 11.9 Å². The first-order chi connectivity index (χ1) is 9.15. The molecule has 3 heteroatoms. The molecule has 19 heavy (non-hydrogen) atoms. The topological polar surface area (TPSA) is 32.3 Å². The lowest BCUT2D eigenvalue weighted by molar-refractivity contribution is 0.469. The number of rotatable bonds is 2. The van der Waals surface area contributed by atoms with E-state index in [0.717, 1.165) is 29.7 Å². The maximum atomic E-state index is 13.2. The van der Waals surface area contributed by atoms with Gasteiger partial charge in [-0.3, -0.25) is 0 Å². The van der Waals surface area contributed by atoms with Gasteiger partial charge >= 0.3 is 0 Å². The van der Waals surface area contributed by atoms with Crippen LogP contribution >= 0.6 is 0 Å². The molecule has 0 bridgehead atoms. The van der Waals surface area contributed by atoms with Crippen LogP contribution in [-0.4, -0.2) is 5.11 Å². The van der Waals surface area contributed by atoms with E-state index in [1.807, 2.05) is 18.2 Å². The van der Waals surface area contributed by atoms with Gasteiger partial charge in [0.05, 0.1) is 6.04 Å². The van der Waals surface area contributed by atoms with E-state index in [1.165, 1.54) is 6.07 Å². The summed E-state index contributed by atoms with van der Waals surface area (Å²) in [5, 5.41) is 13.2. The van der Waals surface area contributed by atoms with Gasteiger partial charge in [-0.05, 0) is 60.7 Å². The zero-order chi connectivity index (χ0) is 13.4. The minimum atomic E-state index is -0.185. The summed E-state index contributed by atoms with van der Waals surface area (Å²) >= 11 is 0. The van der Waals surface area contributed by atoms with Crippen LogP contribution in [-0.2, 0) is 6.42 Å². The average Bonchev–Trinajstić information content (AvgIpc) is 2.79. The molecule has 1 unspecified atom stereocenters. The predicted octanol–water partition coefficient (Wildman–Crippen LogP) is 3.94. The van der Waals surface area contributed by atoms with Gasteiger partial charge in [-0.1, -0.05) is 12.1 Å². The molecule has 0 saturated carbocycles. The fraction of sp³-hybridized carbons (Fsp3) is 0.250. The van der Waals surface area contributed by atoms with E-state index in [2.05, 4.69) is 5.32 Å². The monoisotopic (exact) mass is 257 g/mol. The molecule has 98 valence electrons. The molecule has 2 aromatic rings. The summed E-state index contributed by atoms with van der Waals surface area (Å²) in [6.07, 6.45) is 1.82. The van der Waals surface area contributed by atoms with Crippen LogP contribution in [0.1, 0.15) is 29.2 Å². The van der Waals surface area contributed by atoms with E-state index < -0.39 is 0 Å². The molecule has 3 rings (SSSR count). The first kappa shape index (κ1) is 12.0. The molecule has 1 aliphatic rings. The maximum absolute atomic E-state index is 13.2. The van der Waals surface area contributed by atoms with Crippen molar-refractivity contribution < 1.29 is 9.50 Å². The molecule has 2 aromatic carbocycles. The largest absolute Gasteiger partial charge is 0.508 e. The molecule has 1 aliphatic carbocycles. The Kier molecular flexibility index (Phi) is 2.90. The van der Waals surface area contributed by atoms with Gasteiger partial charge in [0.1, 0.15) is 11.6 Å². The predicted molar refractivity (Wildman–Crippen MR) is 73.9 cm³/mol. The second-order valence-corrected chi connectivity index (χ2v) is 5.04. The summed E-state index contributed by atoms with van der Waals surface area (Å²) in [5.74, 6) is 0.187. The van der Waals surface area contributed by atoms with Gasteiger partial charge < -0.3 is 10.4 Å². The van der Waals surface area contributed by atoms with E-state index in [0.29, 0.717) is 11.3 Å². The Balaban J connectivity index is 1.86. The molecule has 0 radical (unpaired) electrons. The number of phenols is 1. The van der Waals surface area contributed by atoms with Crippen molar-refractivity contribution in [2.75, 3.05) is 5.32 Å². The molecule has 0 heterocycles. The second-order valence-electron chi connectivity index (χ2n) is 5.04. The molecule has 0 saturated heterocycles. The third-order valence-electron chi connectivity index (χ3n) is 3.74. The number of aryl methyl sites for hydroxylation is 1. The number of halogens is 1. The van der Waals surface area contributed by atoms with Crippen molar-refractivity contribution in [3.8, 4) is 5.75 Å². The Bertz CT molecular complexity index is 624. The fourth-order valence-corrected chi connectivity index (χ4v) is 2.72. The second kappa shape index (κ2) is 4.57. The van der Waals surface area contributed by atoms with Gasteiger partial charge in [0, 0.05) is 5.69 Å². The number of anilines is 1. The molecule has 0 spiro atoms. The summed E-state index contributed by atoms with van der Waals surface area (Å²) in [6, 6.07) is 10.9. The van der Waals surface area contributed by atoms with Crippen LogP contribution in [0.15, 0.2) is 36.4 Å². The highest BCUT2D eigenvalue weighted by Gasteiger charge is 2.24. The van der Waals surface area contributed by atoms with Gasteiger partial charge in [0.15, 0.2) is 0 Å². The standard InChI is InChI=1S/C16H16FNO/c1-10-9-11(5-7-14(10)17)18-15-8-6-13-12(15)3-2-4-16(13)19/h2-5,7,9,15,18-19H,6,8H2,1H3. The summed E-state index contributed by atoms with van der Waals surface area (Å²) in [6.45, 7) is 1.76. The SMILES string of the molecule is Cc1cc(NC2CCc3c(O)cccc32)ccc1F. The number of aromatic hydroxyl groups is 1. The van der Waals surface area contributed by atoms with Crippen molar-refractivity contribution in [1.29, 1.82) is 0 Å². The summed E-state index contributed by atoms with van der Waals surface area (Å²) in [7, 11) is 0. The molecule has 0 amide bonds. The van der Waals surface area contributed by atoms with Crippen LogP contribution in [0.2, 0.25) is 0 Å². The molecular formula is C16H16FNO. The van der Waals surface area contributed by atoms with Crippen LogP contribution in [0, 0.1) is 12.7 Å². The summed E-state index contributed by atoms with van der Waals surface area (Å²) in [5.41, 5.74) is 3.72. The first-order valence-corrected chi connectivity index (χ1v) is 6.48. The molecular weight excluding hydrogens is 241 g/mol. The molecule has 0 aromatic heterocycles. The third-order valence-corrected chi connectivity index (χ3v) is 3.74. The van der Waals surface area contributed by atoms with Crippen molar-refractivity contribution in [3.05, 3.63) is 58.9 Å². The molecule has 0 aliphatic heterocycles. The van der Waals surface area contributed by atoms with Crippen LogP contribution in [0.4, 0.5) is 10.1 Å². The number of benzene rings is 2. The maximum Gasteiger partial charge on any atom is 0.126 e. The number of hydrogen-bond donors (Lipinski definition) is 2. The van der Waals surface area contributed by atoms with E-state index in [4.69, 9.17) is 0 Å².